The summed E-state index contributed by atoms with van der Waals surface area (Å²) in [4.78, 5) is 20.6. The largest absolute Gasteiger partial charge is 0.362 e. The zero-order valence-corrected chi connectivity index (χ0v) is 10.6. The first-order valence-corrected chi connectivity index (χ1v) is 6.80. The summed E-state index contributed by atoms with van der Waals surface area (Å²) in [6, 6.07) is 2.03. The van der Waals surface area contributed by atoms with Gasteiger partial charge in [-0.15, -0.1) is 0 Å². The van der Waals surface area contributed by atoms with Gasteiger partial charge >= 0.3 is 0 Å². The average molecular weight is 245 g/mol. The Kier molecular flexibility index (Phi) is 3.17. The quantitative estimate of drug-likeness (QED) is 0.791. The van der Waals surface area contributed by atoms with Crippen LogP contribution >= 0.6 is 0 Å². The van der Waals surface area contributed by atoms with Crippen LogP contribution in [0.25, 0.3) is 0 Å². The SMILES string of the molecule is O=C(CN1CCCc2cnccc21)N1CCCC1. The van der Waals surface area contributed by atoms with Gasteiger partial charge in [-0.2, -0.15) is 0 Å². The van der Waals surface area contributed by atoms with Crippen LogP contribution in [-0.2, 0) is 11.2 Å². The molecule has 3 rings (SSSR count). The normalized spacial score (nSPS) is 18.9. The van der Waals surface area contributed by atoms with Gasteiger partial charge in [0.1, 0.15) is 0 Å². The lowest BCUT2D eigenvalue weighted by atomic mass is 10.0. The van der Waals surface area contributed by atoms with E-state index >= 15 is 0 Å². The Balaban J connectivity index is 1.72. The maximum Gasteiger partial charge on any atom is 0.242 e. The molecule has 4 heteroatoms. The standard InChI is InChI=1S/C14H19N3O/c18-14(16-7-1-2-8-16)11-17-9-3-4-12-10-15-6-5-13(12)17/h5-6,10H,1-4,7-9,11H2. The van der Waals surface area contributed by atoms with E-state index in [0.717, 1.165) is 45.3 Å². The third-order valence-electron chi connectivity index (χ3n) is 3.88. The Morgan fingerprint density at radius 1 is 1.22 bits per heavy atom. The number of hydrogen-bond acceptors (Lipinski definition) is 3. The zero-order chi connectivity index (χ0) is 12.4. The van der Waals surface area contributed by atoms with Crippen LogP contribution in [-0.4, -0.2) is 42.0 Å². The first kappa shape index (κ1) is 11.5. The fourth-order valence-electron chi connectivity index (χ4n) is 2.90. The van der Waals surface area contributed by atoms with Gasteiger partial charge < -0.3 is 9.80 Å². The predicted octanol–water partition coefficient (Wildman–Crippen LogP) is 1.46. The van der Waals surface area contributed by atoms with E-state index in [1.54, 1.807) is 0 Å². The summed E-state index contributed by atoms with van der Waals surface area (Å²) in [5, 5.41) is 0. The molecule has 1 fully saturated rings. The van der Waals surface area contributed by atoms with Gasteiger partial charge in [0.25, 0.3) is 0 Å². The summed E-state index contributed by atoms with van der Waals surface area (Å²) in [7, 11) is 0. The number of hydrogen-bond donors (Lipinski definition) is 0. The van der Waals surface area contributed by atoms with E-state index in [1.165, 1.54) is 11.3 Å². The lowest BCUT2D eigenvalue weighted by molar-refractivity contribution is -0.128. The number of anilines is 1. The Morgan fingerprint density at radius 2 is 2.06 bits per heavy atom. The minimum absolute atomic E-state index is 0.275. The highest BCUT2D eigenvalue weighted by Crippen LogP contribution is 2.25. The van der Waals surface area contributed by atoms with Crippen molar-refractivity contribution in [1.29, 1.82) is 0 Å². The summed E-state index contributed by atoms with van der Waals surface area (Å²) in [5.41, 5.74) is 2.47. The Hall–Kier alpha value is -1.58. The van der Waals surface area contributed by atoms with Crippen LogP contribution in [0.15, 0.2) is 18.5 Å². The Bertz CT molecular complexity index is 440. The molecule has 0 saturated carbocycles. The van der Waals surface area contributed by atoms with Gasteiger partial charge in [0.15, 0.2) is 0 Å². The molecule has 0 spiro atoms. The molecule has 1 aromatic rings. The fourth-order valence-corrected chi connectivity index (χ4v) is 2.90. The Labute approximate surface area is 108 Å². The van der Waals surface area contributed by atoms with Gasteiger partial charge in [0.2, 0.25) is 5.91 Å². The molecule has 96 valence electrons. The second-order valence-electron chi connectivity index (χ2n) is 5.12. The molecule has 0 radical (unpaired) electrons. The molecule has 0 aromatic carbocycles. The van der Waals surface area contributed by atoms with Crippen molar-refractivity contribution in [2.75, 3.05) is 31.1 Å². The van der Waals surface area contributed by atoms with Crippen LogP contribution in [0.3, 0.4) is 0 Å². The topological polar surface area (TPSA) is 36.4 Å². The highest BCUT2D eigenvalue weighted by atomic mass is 16.2. The number of amides is 1. The molecule has 1 aromatic heterocycles. The van der Waals surface area contributed by atoms with Crippen molar-refractivity contribution in [1.82, 2.24) is 9.88 Å². The molecule has 1 amide bonds. The minimum Gasteiger partial charge on any atom is -0.362 e. The van der Waals surface area contributed by atoms with Crippen LogP contribution in [0.1, 0.15) is 24.8 Å². The monoisotopic (exact) mass is 245 g/mol. The van der Waals surface area contributed by atoms with Gasteiger partial charge in [-0.1, -0.05) is 0 Å². The summed E-state index contributed by atoms with van der Waals surface area (Å²) in [6.07, 6.45) is 8.27. The first-order chi connectivity index (χ1) is 8.84. The second kappa shape index (κ2) is 4.96. The molecule has 0 unspecified atom stereocenters. The van der Waals surface area contributed by atoms with Crippen LogP contribution in [0.5, 0.6) is 0 Å². The number of rotatable bonds is 2. The molecule has 18 heavy (non-hydrogen) atoms. The molecule has 0 N–H and O–H groups in total. The molecule has 2 aliphatic heterocycles. The van der Waals surface area contributed by atoms with Crippen molar-refractivity contribution in [2.24, 2.45) is 0 Å². The van der Waals surface area contributed by atoms with E-state index in [4.69, 9.17) is 0 Å². The van der Waals surface area contributed by atoms with Crippen LogP contribution in [0, 0.1) is 0 Å². The van der Waals surface area contributed by atoms with Gasteiger partial charge in [-0.25, -0.2) is 0 Å². The van der Waals surface area contributed by atoms with Crippen LogP contribution < -0.4 is 4.90 Å². The summed E-state index contributed by atoms with van der Waals surface area (Å²) in [5.74, 6) is 0.275. The van der Waals surface area contributed by atoms with E-state index in [1.807, 2.05) is 23.4 Å². The molecule has 0 aliphatic carbocycles. The van der Waals surface area contributed by atoms with Crippen LogP contribution in [0.2, 0.25) is 0 Å². The molecular weight excluding hydrogens is 226 g/mol. The molecule has 2 aliphatic rings. The van der Waals surface area contributed by atoms with Gasteiger partial charge in [0.05, 0.1) is 6.54 Å². The maximum absolute atomic E-state index is 12.2. The number of nitrogens with zero attached hydrogens (tertiary/aromatic N) is 3. The third-order valence-corrected chi connectivity index (χ3v) is 3.88. The van der Waals surface area contributed by atoms with Gasteiger partial charge in [-0.05, 0) is 37.3 Å². The third kappa shape index (κ3) is 2.19. The Morgan fingerprint density at radius 3 is 2.89 bits per heavy atom. The molecule has 0 bridgehead atoms. The summed E-state index contributed by atoms with van der Waals surface area (Å²) < 4.78 is 0. The van der Waals surface area contributed by atoms with Crippen molar-refractivity contribution in [3.8, 4) is 0 Å². The smallest absolute Gasteiger partial charge is 0.242 e. The molecule has 0 atom stereocenters. The number of carbonyl (C=O) groups is 1. The number of carbonyl (C=O) groups excluding carboxylic acids is 1. The number of aryl methyl sites for hydroxylation is 1. The van der Waals surface area contributed by atoms with E-state index in [2.05, 4.69) is 9.88 Å². The summed E-state index contributed by atoms with van der Waals surface area (Å²) in [6.45, 7) is 3.39. The van der Waals surface area contributed by atoms with E-state index in [0.29, 0.717) is 6.54 Å². The average Bonchev–Trinajstić information content (AvgIpc) is 2.93. The highest BCUT2D eigenvalue weighted by molar-refractivity contribution is 5.82. The van der Waals surface area contributed by atoms with Crippen molar-refractivity contribution in [3.63, 3.8) is 0 Å². The van der Waals surface area contributed by atoms with Crippen LogP contribution in [0.4, 0.5) is 5.69 Å². The minimum atomic E-state index is 0.275. The van der Waals surface area contributed by atoms with Crippen molar-refractivity contribution < 1.29 is 4.79 Å². The number of pyridine rings is 1. The van der Waals surface area contributed by atoms with Crippen molar-refractivity contribution in [2.45, 2.75) is 25.7 Å². The molecule has 1 saturated heterocycles. The zero-order valence-electron chi connectivity index (χ0n) is 10.6. The van der Waals surface area contributed by atoms with E-state index < -0.39 is 0 Å². The van der Waals surface area contributed by atoms with E-state index in [9.17, 15) is 4.79 Å². The van der Waals surface area contributed by atoms with Crippen molar-refractivity contribution in [3.05, 3.63) is 24.0 Å². The molecule has 4 nitrogen and oxygen atoms in total. The lowest BCUT2D eigenvalue weighted by Gasteiger charge is -2.31. The highest BCUT2D eigenvalue weighted by Gasteiger charge is 2.23. The summed E-state index contributed by atoms with van der Waals surface area (Å²) >= 11 is 0. The van der Waals surface area contributed by atoms with Gasteiger partial charge in [0, 0.05) is 37.7 Å². The number of fused-ring (bicyclic) bond motifs is 1. The second-order valence-corrected chi connectivity index (χ2v) is 5.12. The molecular formula is C14H19N3O. The molecule has 3 heterocycles. The maximum atomic E-state index is 12.2. The fraction of sp³-hybridized carbons (Fsp3) is 0.571. The first-order valence-electron chi connectivity index (χ1n) is 6.80. The lowest BCUT2D eigenvalue weighted by Crippen LogP contribution is -2.41. The predicted molar refractivity (Wildman–Crippen MR) is 70.6 cm³/mol. The number of likely N-dealkylation sites (tertiary alicyclic amines) is 1. The van der Waals surface area contributed by atoms with Gasteiger partial charge in [-0.3, -0.25) is 9.78 Å². The number of aromatic nitrogens is 1. The van der Waals surface area contributed by atoms with E-state index in [-0.39, 0.29) is 5.91 Å². The van der Waals surface area contributed by atoms with Crippen molar-refractivity contribution >= 4 is 11.6 Å².